The predicted molar refractivity (Wildman–Crippen MR) is 41.5 cm³/mol. The Bertz CT molecular complexity index is 212. The lowest BCUT2D eigenvalue weighted by molar-refractivity contribution is -0.120. The fourth-order valence-corrected chi connectivity index (χ4v) is 1.38. The van der Waals surface area contributed by atoms with Crippen LogP contribution in [0.25, 0.3) is 0 Å². The summed E-state index contributed by atoms with van der Waals surface area (Å²) in [6.45, 7) is 0.395. The SMILES string of the molecule is O=COc1cnsc1I. The van der Waals surface area contributed by atoms with Gasteiger partial charge in [0.05, 0.1) is 6.20 Å². The zero-order valence-electron chi connectivity index (χ0n) is 4.20. The Morgan fingerprint density at radius 3 is 3.11 bits per heavy atom. The van der Waals surface area contributed by atoms with Gasteiger partial charge in [0.1, 0.15) is 2.88 Å². The summed E-state index contributed by atoms with van der Waals surface area (Å²) in [5.41, 5.74) is 0. The molecule has 5 heteroatoms. The molecule has 1 heterocycles. The van der Waals surface area contributed by atoms with E-state index in [1.165, 1.54) is 17.7 Å². The van der Waals surface area contributed by atoms with Gasteiger partial charge in [-0.1, -0.05) is 0 Å². The molecule has 0 aliphatic heterocycles. The van der Waals surface area contributed by atoms with Crippen molar-refractivity contribution >= 4 is 40.6 Å². The molecule has 0 saturated carbocycles. The maximum absolute atomic E-state index is 9.78. The summed E-state index contributed by atoms with van der Waals surface area (Å²) >= 11 is 3.35. The van der Waals surface area contributed by atoms with E-state index in [9.17, 15) is 4.79 Å². The van der Waals surface area contributed by atoms with Crippen molar-refractivity contribution in [3.05, 3.63) is 9.08 Å². The highest BCUT2D eigenvalue weighted by molar-refractivity contribution is 14.1. The molecule has 0 aromatic carbocycles. The maximum Gasteiger partial charge on any atom is 0.298 e. The van der Waals surface area contributed by atoms with Gasteiger partial charge in [-0.25, -0.2) is 0 Å². The summed E-state index contributed by atoms with van der Waals surface area (Å²) in [4.78, 5) is 9.78. The third-order valence-corrected chi connectivity index (χ3v) is 2.37. The van der Waals surface area contributed by atoms with Gasteiger partial charge in [-0.3, -0.25) is 4.79 Å². The molecular weight excluding hydrogens is 253 g/mol. The molecule has 1 rings (SSSR count). The van der Waals surface area contributed by atoms with Crippen molar-refractivity contribution in [2.24, 2.45) is 0 Å². The van der Waals surface area contributed by atoms with Gasteiger partial charge in [0.2, 0.25) is 0 Å². The lowest BCUT2D eigenvalue weighted by atomic mass is 10.7. The highest BCUT2D eigenvalue weighted by atomic mass is 127. The zero-order valence-corrected chi connectivity index (χ0v) is 7.18. The first kappa shape index (κ1) is 6.94. The summed E-state index contributed by atoms with van der Waals surface area (Å²) in [5, 5.41) is 0. The minimum absolute atomic E-state index is 0.395. The number of ether oxygens (including phenoxy) is 1. The second-order valence-electron chi connectivity index (χ2n) is 1.18. The van der Waals surface area contributed by atoms with Crippen LogP contribution >= 0.6 is 34.1 Å². The molecule has 0 N–H and O–H groups in total. The summed E-state index contributed by atoms with van der Waals surface area (Å²) < 4.78 is 9.22. The number of carbonyl (C=O) groups is 1. The van der Waals surface area contributed by atoms with Crippen molar-refractivity contribution in [3.8, 4) is 5.75 Å². The molecule has 0 bridgehead atoms. The number of hydrogen-bond acceptors (Lipinski definition) is 4. The number of carbonyl (C=O) groups excluding carboxylic acids is 1. The minimum atomic E-state index is 0.395. The van der Waals surface area contributed by atoms with E-state index < -0.39 is 0 Å². The minimum Gasteiger partial charge on any atom is -0.425 e. The first-order chi connectivity index (χ1) is 4.34. The van der Waals surface area contributed by atoms with E-state index in [2.05, 4.69) is 31.7 Å². The Hall–Kier alpha value is -0.170. The molecule has 48 valence electrons. The lowest BCUT2D eigenvalue weighted by Crippen LogP contribution is -1.86. The molecule has 0 radical (unpaired) electrons. The largest absolute Gasteiger partial charge is 0.425 e. The van der Waals surface area contributed by atoms with Crippen LogP contribution in [0.3, 0.4) is 0 Å². The molecule has 0 aliphatic rings. The van der Waals surface area contributed by atoms with Crippen LogP contribution in [0.2, 0.25) is 0 Å². The van der Waals surface area contributed by atoms with Crippen LogP contribution in [0.5, 0.6) is 5.75 Å². The molecule has 0 unspecified atom stereocenters. The molecule has 1 aromatic rings. The van der Waals surface area contributed by atoms with Gasteiger partial charge >= 0.3 is 0 Å². The Labute approximate surface area is 69.3 Å². The Balaban J connectivity index is 2.80. The van der Waals surface area contributed by atoms with Gasteiger partial charge in [-0.05, 0) is 34.1 Å². The van der Waals surface area contributed by atoms with Crippen molar-refractivity contribution in [2.45, 2.75) is 0 Å². The third kappa shape index (κ3) is 1.62. The highest BCUT2D eigenvalue weighted by Gasteiger charge is 2.00. The Morgan fingerprint density at radius 1 is 1.89 bits per heavy atom. The monoisotopic (exact) mass is 255 g/mol. The molecule has 0 saturated heterocycles. The quantitative estimate of drug-likeness (QED) is 0.590. The standard InChI is InChI=1S/C4H2INO2S/c5-4-3(8-2-7)1-6-9-4/h1-2H. The van der Waals surface area contributed by atoms with Crippen LogP contribution in [0.4, 0.5) is 0 Å². The number of aromatic nitrogens is 1. The zero-order chi connectivity index (χ0) is 6.69. The van der Waals surface area contributed by atoms with E-state index in [1.807, 2.05) is 0 Å². The van der Waals surface area contributed by atoms with Crippen LogP contribution in [-0.2, 0) is 4.79 Å². The Kier molecular flexibility index (Phi) is 2.40. The van der Waals surface area contributed by atoms with Crippen LogP contribution in [0.1, 0.15) is 0 Å². The fourth-order valence-electron chi connectivity index (χ4n) is 0.345. The molecule has 1 aromatic heterocycles. The molecule has 0 spiro atoms. The van der Waals surface area contributed by atoms with E-state index in [-0.39, 0.29) is 0 Å². The number of nitrogens with zero attached hydrogens (tertiary/aromatic N) is 1. The third-order valence-electron chi connectivity index (χ3n) is 0.672. The van der Waals surface area contributed by atoms with Crippen LogP contribution in [0, 0.1) is 2.88 Å². The van der Waals surface area contributed by atoms with E-state index in [1.54, 1.807) is 0 Å². The number of hydrogen-bond donors (Lipinski definition) is 0. The molecule has 0 fully saturated rings. The smallest absolute Gasteiger partial charge is 0.298 e. The second-order valence-corrected chi connectivity index (χ2v) is 3.79. The van der Waals surface area contributed by atoms with Crippen LogP contribution in [-0.4, -0.2) is 10.8 Å². The van der Waals surface area contributed by atoms with Gasteiger partial charge in [-0.15, -0.1) is 0 Å². The molecule has 9 heavy (non-hydrogen) atoms. The number of rotatable bonds is 2. The summed E-state index contributed by atoms with van der Waals surface area (Å²) in [6, 6.07) is 0. The van der Waals surface area contributed by atoms with Gasteiger partial charge in [0.25, 0.3) is 6.47 Å². The van der Waals surface area contributed by atoms with E-state index >= 15 is 0 Å². The topological polar surface area (TPSA) is 39.2 Å². The average molecular weight is 255 g/mol. The van der Waals surface area contributed by atoms with E-state index in [0.29, 0.717) is 12.2 Å². The first-order valence-corrected chi connectivity index (χ1v) is 3.90. The van der Waals surface area contributed by atoms with E-state index in [0.717, 1.165) is 2.88 Å². The second kappa shape index (κ2) is 3.11. The van der Waals surface area contributed by atoms with Crippen molar-refractivity contribution in [1.29, 1.82) is 0 Å². The average Bonchev–Trinajstić information content (AvgIpc) is 2.18. The van der Waals surface area contributed by atoms with Crippen molar-refractivity contribution in [1.82, 2.24) is 4.37 Å². The predicted octanol–water partition coefficient (Wildman–Crippen LogP) is 1.28. The van der Waals surface area contributed by atoms with Crippen molar-refractivity contribution in [3.63, 3.8) is 0 Å². The Morgan fingerprint density at radius 2 is 2.67 bits per heavy atom. The molecule has 0 aliphatic carbocycles. The van der Waals surface area contributed by atoms with Crippen LogP contribution < -0.4 is 4.74 Å². The molecule has 0 atom stereocenters. The highest BCUT2D eigenvalue weighted by Crippen LogP contribution is 2.22. The first-order valence-electron chi connectivity index (χ1n) is 2.05. The summed E-state index contributed by atoms with van der Waals surface area (Å²) in [7, 11) is 0. The lowest BCUT2D eigenvalue weighted by Gasteiger charge is -1.87. The fraction of sp³-hybridized carbons (Fsp3) is 0. The van der Waals surface area contributed by atoms with E-state index in [4.69, 9.17) is 0 Å². The van der Waals surface area contributed by atoms with Gasteiger partial charge < -0.3 is 4.74 Å². The maximum atomic E-state index is 9.78. The van der Waals surface area contributed by atoms with Gasteiger partial charge in [0.15, 0.2) is 5.75 Å². The molecular formula is C4H2INO2S. The molecule has 0 amide bonds. The molecule has 3 nitrogen and oxygen atoms in total. The normalized spacial score (nSPS) is 9.00. The summed E-state index contributed by atoms with van der Waals surface area (Å²) in [6.07, 6.45) is 1.51. The van der Waals surface area contributed by atoms with Crippen molar-refractivity contribution in [2.75, 3.05) is 0 Å². The number of halogens is 1. The van der Waals surface area contributed by atoms with Crippen molar-refractivity contribution < 1.29 is 9.53 Å². The summed E-state index contributed by atoms with van der Waals surface area (Å²) in [5.74, 6) is 0.538. The van der Waals surface area contributed by atoms with Gasteiger partial charge in [-0.2, -0.15) is 4.37 Å². The van der Waals surface area contributed by atoms with Gasteiger partial charge in [0, 0.05) is 0 Å². The van der Waals surface area contributed by atoms with Crippen LogP contribution in [0.15, 0.2) is 6.20 Å².